The van der Waals surface area contributed by atoms with E-state index in [9.17, 15) is 0 Å². The zero-order valence-corrected chi connectivity index (χ0v) is 37.1. The Hall–Kier alpha value is -6.01. The van der Waals surface area contributed by atoms with Crippen LogP contribution in [0.3, 0.4) is 0 Å². The number of quaternary nitrogens is 2. The van der Waals surface area contributed by atoms with Crippen molar-refractivity contribution in [3.63, 3.8) is 0 Å². The Bertz CT molecular complexity index is 3000. The summed E-state index contributed by atoms with van der Waals surface area (Å²) in [6, 6.07) is 53.6. The van der Waals surface area contributed by atoms with Crippen molar-refractivity contribution in [2.45, 2.75) is 91.4 Å². The van der Waals surface area contributed by atoms with Gasteiger partial charge in [-0.25, -0.2) is 4.98 Å². The number of pyridine rings is 1. The zero-order chi connectivity index (χ0) is 42.5. The first-order valence-electron chi connectivity index (χ1n) is 22.0. The molecule has 0 spiro atoms. The third-order valence-corrected chi connectivity index (χ3v) is 13.9. The molecule has 61 heavy (non-hydrogen) atoms. The predicted molar refractivity (Wildman–Crippen MR) is 256 cm³/mol. The van der Waals surface area contributed by atoms with Crippen LogP contribution in [0, 0.1) is 6.67 Å². The number of para-hydroxylation sites is 3. The highest BCUT2D eigenvalue weighted by Crippen LogP contribution is 2.75. The summed E-state index contributed by atoms with van der Waals surface area (Å²) in [5.74, 6) is 2.55. The molecule has 10 rings (SSSR count). The maximum Gasteiger partial charge on any atom is 0.225 e. The Balaban J connectivity index is 1.11. The number of nitrogens with zero attached hydrogens (tertiary/aromatic N) is 4. The average molecular weight is 802 g/mol. The first-order valence-corrected chi connectivity index (χ1v) is 22.0. The minimum absolute atomic E-state index is 0.0294. The van der Waals surface area contributed by atoms with E-state index >= 15 is 0 Å². The smallest absolute Gasteiger partial charge is 0.225 e. The summed E-state index contributed by atoms with van der Waals surface area (Å²) in [5.41, 5.74) is 13.5. The topological polar surface area (TPSA) is 27.1 Å². The highest BCUT2D eigenvalue weighted by atomic mass is 16.5. The lowest BCUT2D eigenvalue weighted by Crippen LogP contribution is -2.46. The maximum atomic E-state index is 7.05. The van der Waals surface area contributed by atoms with Gasteiger partial charge in [0.25, 0.3) is 0 Å². The van der Waals surface area contributed by atoms with Crippen molar-refractivity contribution in [2.75, 3.05) is 0 Å². The van der Waals surface area contributed by atoms with E-state index in [4.69, 9.17) is 9.72 Å². The zero-order valence-electron chi connectivity index (χ0n) is 37.1. The van der Waals surface area contributed by atoms with E-state index in [-0.39, 0.29) is 16.2 Å². The normalized spacial score (nSPS) is 18.4. The van der Waals surface area contributed by atoms with Gasteiger partial charge in [0.15, 0.2) is 18.0 Å². The van der Waals surface area contributed by atoms with Gasteiger partial charge in [-0.05, 0) is 93.3 Å². The highest BCUT2D eigenvalue weighted by molar-refractivity contribution is 6.09. The van der Waals surface area contributed by atoms with Crippen LogP contribution < -0.4 is 13.9 Å². The lowest BCUT2D eigenvalue weighted by molar-refractivity contribution is 0.421. The molecule has 6 aromatic carbocycles. The lowest BCUT2D eigenvalue weighted by Gasteiger charge is -2.40. The van der Waals surface area contributed by atoms with Gasteiger partial charge in [0.2, 0.25) is 11.4 Å². The van der Waals surface area contributed by atoms with Crippen LogP contribution in [-0.2, 0) is 16.2 Å². The van der Waals surface area contributed by atoms with E-state index in [0.29, 0.717) is 9.18 Å². The highest BCUT2D eigenvalue weighted by Gasteiger charge is 2.78. The predicted octanol–water partition coefficient (Wildman–Crippen LogP) is 15.7. The fourth-order valence-electron chi connectivity index (χ4n) is 9.74. The van der Waals surface area contributed by atoms with Crippen LogP contribution in [0.15, 0.2) is 152 Å². The molecule has 1 unspecified atom stereocenters. The minimum atomic E-state index is -0.117. The summed E-state index contributed by atoms with van der Waals surface area (Å²) in [6.07, 6.45) is 4.10. The fraction of sp³-hybridized carbons (Fsp3) is 0.250. The summed E-state index contributed by atoms with van der Waals surface area (Å²) in [7, 11) is 0. The Labute approximate surface area is 361 Å². The van der Waals surface area contributed by atoms with E-state index in [2.05, 4.69) is 219 Å². The lowest BCUT2D eigenvalue weighted by atomic mass is 9.78. The standard InChI is InChI=1S/C56H57N4O/c1-10-56(9,11-2)40-27-28-57-53(34-40)58-49-22-16-15-21-47(49)48-26-25-45(36-50(48)58)61-46-33-42(55(6,7)8)32-44(35-46)60-37-59(60,51-23-17-18-24-52(51)60)43-30-39(38-19-13-12-14-20-38)29-41(31-43)54(3,4)5/h12-37H,10-11H2,1-9H3/q+1/t59-,60?/m0/s1. The second kappa shape index (κ2) is 13.8. The third kappa shape index (κ3) is 6.00. The van der Waals surface area contributed by atoms with Crippen molar-refractivity contribution in [1.82, 2.24) is 18.7 Å². The first-order chi connectivity index (χ1) is 29.2. The van der Waals surface area contributed by atoms with E-state index in [0.717, 1.165) is 41.2 Å². The summed E-state index contributed by atoms with van der Waals surface area (Å²) in [4.78, 5) is 4.98. The molecular formula is C56H57N4O+. The summed E-state index contributed by atoms with van der Waals surface area (Å²) >= 11 is 0. The average Bonchev–Trinajstić information content (AvgIpc) is 3.76. The van der Waals surface area contributed by atoms with Crippen LogP contribution in [-0.4, -0.2) is 9.55 Å². The molecule has 8 aromatic rings. The van der Waals surface area contributed by atoms with Gasteiger partial charge < -0.3 is 4.74 Å². The fourth-order valence-corrected chi connectivity index (χ4v) is 9.74. The minimum Gasteiger partial charge on any atom is -0.457 e. The number of benzene rings is 6. The van der Waals surface area contributed by atoms with Crippen LogP contribution in [0.5, 0.6) is 11.5 Å². The summed E-state index contributed by atoms with van der Waals surface area (Å²) in [6.45, 7) is 23.2. The molecule has 0 bridgehead atoms. The van der Waals surface area contributed by atoms with Crippen molar-refractivity contribution < 1.29 is 4.74 Å². The molecular weight excluding hydrogens is 745 g/mol. The quantitative estimate of drug-likeness (QED) is 0.0826. The van der Waals surface area contributed by atoms with Gasteiger partial charge in [0, 0.05) is 59.4 Å². The number of hydrogen-bond acceptors (Lipinski definition) is 2. The van der Waals surface area contributed by atoms with Gasteiger partial charge >= 0.3 is 0 Å². The van der Waals surface area contributed by atoms with Crippen LogP contribution in [0.25, 0.3) is 38.8 Å². The molecule has 306 valence electrons. The summed E-state index contributed by atoms with van der Waals surface area (Å²) < 4.78 is 10.6. The molecule has 0 N–H and O–H groups in total. The SMILES string of the molecule is CCC(C)(CC)c1ccnc(-n2c3ccccc3c3ccc(Oc4cc(C(C)(C)C)cc([N+]56[CH-][N@+]5(c5cc(-c7ccccc7)cc(C(C)(C)C)c5)c5ccccc56)c4)cc32)c1. The van der Waals surface area contributed by atoms with Crippen LogP contribution >= 0.6 is 0 Å². The largest absolute Gasteiger partial charge is 0.457 e. The molecule has 0 saturated carbocycles. The Kier molecular flexibility index (Phi) is 8.83. The van der Waals surface area contributed by atoms with Crippen molar-refractivity contribution >= 4 is 44.6 Å². The van der Waals surface area contributed by atoms with Crippen molar-refractivity contribution in [3.05, 3.63) is 175 Å². The van der Waals surface area contributed by atoms with Gasteiger partial charge in [-0.2, -0.15) is 9.18 Å². The summed E-state index contributed by atoms with van der Waals surface area (Å²) in [5, 5.41) is 2.38. The second-order valence-electron chi connectivity index (χ2n) is 19.6. The maximum absolute atomic E-state index is 7.05. The number of hydrogen-bond donors (Lipinski definition) is 0. The number of aromatic nitrogens is 2. The Morgan fingerprint density at radius 1 is 0.525 bits per heavy atom. The van der Waals surface area contributed by atoms with Crippen LogP contribution in [0.2, 0.25) is 0 Å². The number of ether oxygens (including phenoxy) is 1. The van der Waals surface area contributed by atoms with Crippen molar-refractivity contribution in [1.29, 1.82) is 0 Å². The molecule has 5 heteroatoms. The van der Waals surface area contributed by atoms with E-state index in [1.807, 2.05) is 6.20 Å². The molecule has 1 fully saturated rings. The molecule has 2 aliphatic rings. The molecule has 5 nitrogen and oxygen atoms in total. The monoisotopic (exact) mass is 801 g/mol. The van der Waals surface area contributed by atoms with Gasteiger partial charge in [0.1, 0.15) is 17.3 Å². The van der Waals surface area contributed by atoms with E-state index in [1.54, 1.807) is 0 Å². The molecule has 0 aliphatic carbocycles. The Morgan fingerprint density at radius 3 is 1.80 bits per heavy atom. The van der Waals surface area contributed by atoms with Gasteiger partial charge in [-0.1, -0.05) is 129 Å². The number of rotatable bonds is 9. The van der Waals surface area contributed by atoms with Crippen LogP contribution in [0.1, 0.15) is 91.8 Å². The molecule has 2 aliphatic heterocycles. The third-order valence-electron chi connectivity index (χ3n) is 13.9. The van der Waals surface area contributed by atoms with Crippen molar-refractivity contribution in [3.8, 4) is 28.4 Å². The van der Waals surface area contributed by atoms with Gasteiger partial charge in [-0.3, -0.25) is 4.57 Å². The van der Waals surface area contributed by atoms with Gasteiger partial charge in [0.05, 0.1) is 11.0 Å². The first kappa shape index (κ1) is 39.1. The van der Waals surface area contributed by atoms with Gasteiger partial charge in [-0.15, -0.1) is 0 Å². The molecule has 4 heterocycles. The Morgan fingerprint density at radius 2 is 1.13 bits per heavy atom. The molecule has 1 saturated heterocycles. The molecule has 0 radical (unpaired) electrons. The van der Waals surface area contributed by atoms with Crippen molar-refractivity contribution in [2.24, 2.45) is 0 Å². The number of fused-ring (bicyclic) bond motifs is 7. The molecule has 0 amide bonds. The molecule has 2 atom stereocenters. The second-order valence-corrected chi connectivity index (χ2v) is 19.6. The van der Waals surface area contributed by atoms with E-state index in [1.165, 1.54) is 61.3 Å². The molecule has 2 aromatic heterocycles. The van der Waals surface area contributed by atoms with E-state index < -0.39 is 0 Å². The van der Waals surface area contributed by atoms with Crippen LogP contribution in [0.4, 0.5) is 22.7 Å².